The van der Waals surface area contributed by atoms with Crippen molar-refractivity contribution in [3.63, 3.8) is 0 Å². The van der Waals surface area contributed by atoms with Gasteiger partial charge >= 0.3 is 5.56 Å². The smallest absolute Gasteiger partial charge is 0.301 e. The Morgan fingerprint density at radius 2 is 0.851 bits per heavy atom. The number of nitrogens with one attached hydrogen (secondary N) is 1. The zero-order valence-electron chi connectivity index (χ0n) is 76.2. The number of aryl methyl sites for hydroxylation is 3. The first-order valence-electron chi connectivity index (χ1n) is 44.8. The molecule has 15 heterocycles. The van der Waals surface area contributed by atoms with Crippen LogP contribution in [0.2, 0.25) is 15.1 Å². The number of anilines is 5. The van der Waals surface area contributed by atoms with E-state index in [1.807, 2.05) is 150 Å². The van der Waals surface area contributed by atoms with Gasteiger partial charge in [0.2, 0.25) is 23.5 Å². The van der Waals surface area contributed by atoms with Gasteiger partial charge in [-0.1, -0.05) is 157 Å². The lowest BCUT2D eigenvalue weighted by Gasteiger charge is -2.49. The second-order valence-electron chi connectivity index (χ2n) is 36.2. The number of benzene rings is 5. The van der Waals surface area contributed by atoms with E-state index in [-0.39, 0.29) is 118 Å². The van der Waals surface area contributed by atoms with E-state index in [0.29, 0.717) is 179 Å². The Kier molecular flexibility index (Phi) is 24.1. The minimum Gasteiger partial charge on any atom is -0.484 e. The average molecular weight is 1860 g/mol. The maximum absolute atomic E-state index is 16.6. The fraction of sp³-hybridized carbons (Fsp3) is 0.288. The van der Waals surface area contributed by atoms with Crippen LogP contribution in [0.3, 0.4) is 0 Å². The predicted octanol–water partition coefficient (Wildman–Crippen LogP) is 19.1. The van der Waals surface area contributed by atoms with Crippen LogP contribution < -0.4 is 47.2 Å². The summed E-state index contributed by atoms with van der Waals surface area (Å²) < 4.78 is 60.1. The molecule has 6 atom stereocenters. The van der Waals surface area contributed by atoms with Crippen LogP contribution in [-0.2, 0) is 20.8 Å². The lowest BCUT2D eigenvalue weighted by atomic mass is 9.98. The second kappa shape index (κ2) is 35.7. The van der Waals surface area contributed by atoms with Gasteiger partial charge < -0.3 is 45.2 Å². The summed E-state index contributed by atoms with van der Waals surface area (Å²) in [6, 6.07) is 36.0. The van der Waals surface area contributed by atoms with Crippen molar-refractivity contribution in [2.24, 2.45) is 0 Å². The van der Waals surface area contributed by atoms with E-state index < -0.39 is 23.0 Å². The number of nitrogens with two attached hydrogens (primary N) is 1. The van der Waals surface area contributed by atoms with Gasteiger partial charge in [0.05, 0.1) is 74.4 Å². The Labute approximate surface area is 786 Å². The molecule has 0 saturated carbocycles. The molecule has 14 aromatic rings. The number of piperazine rings is 3. The lowest BCUT2D eigenvalue weighted by molar-refractivity contribution is -0.129. The molecule has 6 unspecified atom stereocenters. The molecular formula is C104H99Cl3F3N17O7. The minimum atomic E-state index is -0.577. The molecular weight excluding hydrogens is 1760 g/mol. The largest absolute Gasteiger partial charge is 0.484 e. The number of hydrogen-bond donors (Lipinski definition) is 2. The molecule has 30 heteroatoms. The number of fused-ring (bicyclic) bond motifs is 17. The number of amides is 3. The monoisotopic (exact) mass is 1860 g/mol. The van der Waals surface area contributed by atoms with Crippen molar-refractivity contribution in [2.45, 2.75) is 144 Å². The predicted molar refractivity (Wildman–Crippen MR) is 528 cm³/mol. The molecule has 20 rings (SSSR count). The molecule has 3 fully saturated rings. The Morgan fingerprint density at radius 3 is 1.30 bits per heavy atom. The summed E-state index contributed by atoms with van der Waals surface area (Å²) >= 11 is 19.8. The van der Waals surface area contributed by atoms with Crippen molar-refractivity contribution in [1.82, 2.24) is 58.3 Å². The molecule has 3 amide bonds. The van der Waals surface area contributed by atoms with E-state index >= 15 is 13.2 Å². The maximum Gasteiger partial charge on any atom is 0.301 e. The molecule has 6 aliphatic rings. The Morgan fingerprint density at radius 1 is 0.463 bits per heavy atom. The van der Waals surface area contributed by atoms with Gasteiger partial charge in [-0.2, -0.15) is 0 Å². The number of ether oxygens (including phenoxy) is 1. The number of carbonyl (C=O) groups excluding carboxylic acids is 3. The summed E-state index contributed by atoms with van der Waals surface area (Å²) in [5.41, 5.74) is 17.2. The summed E-state index contributed by atoms with van der Waals surface area (Å²) in [4.78, 5) is 122. The van der Waals surface area contributed by atoms with E-state index in [0.717, 1.165) is 38.9 Å². The number of carbonyl (C=O) groups is 3. The molecule has 3 N–H and O–H groups in total. The van der Waals surface area contributed by atoms with E-state index in [1.54, 1.807) is 84.9 Å². The van der Waals surface area contributed by atoms with Crippen molar-refractivity contribution in [3.05, 3.63) is 287 Å². The number of aromatic nitrogens is 9. The Balaban J connectivity index is 0.000000135. The Bertz CT molecular complexity index is 7210. The minimum absolute atomic E-state index is 0.00154. The van der Waals surface area contributed by atoms with Crippen LogP contribution in [0.5, 0.6) is 5.75 Å². The zero-order valence-corrected chi connectivity index (χ0v) is 78.4. The van der Waals surface area contributed by atoms with Gasteiger partial charge in [-0.25, -0.2) is 28.1 Å². The summed E-state index contributed by atoms with van der Waals surface area (Å²) in [7, 11) is 0. The highest BCUT2D eigenvalue weighted by Gasteiger charge is 2.46. The van der Waals surface area contributed by atoms with Crippen LogP contribution in [0, 0.1) is 38.2 Å². The summed E-state index contributed by atoms with van der Waals surface area (Å²) in [6.45, 7) is 38.0. The van der Waals surface area contributed by atoms with E-state index in [1.165, 1.54) is 41.0 Å². The van der Waals surface area contributed by atoms with Crippen LogP contribution in [0.1, 0.15) is 119 Å². The molecule has 0 bridgehead atoms. The van der Waals surface area contributed by atoms with Gasteiger partial charge in [-0.15, -0.1) is 0 Å². The first-order valence-corrected chi connectivity index (χ1v) is 46.0. The quantitative estimate of drug-likeness (QED) is 0.0850. The normalized spacial score (nSPS) is 17.7. The first kappa shape index (κ1) is 90.8. The third kappa shape index (κ3) is 15.4. The zero-order chi connectivity index (χ0) is 94.9. The molecule has 0 aliphatic carbocycles. The van der Waals surface area contributed by atoms with E-state index in [4.69, 9.17) is 60.2 Å². The van der Waals surface area contributed by atoms with Crippen molar-refractivity contribution < 1.29 is 32.3 Å². The molecule has 684 valence electrons. The van der Waals surface area contributed by atoms with Gasteiger partial charge in [-0.3, -0.25) is 57.4 Å². The van der Waals surface area contributed by atoms with Gasteiger partial charge in [0.1, 0.15) is 52.5 Å². The molecule has 3 saturated heterocycles. The topological polar surface area (TPSA) is 261 Å². The molecule has 5 aromatic carbocycles. The third-order valence-corrected chi connectivity index (χ3v) is 27.6. The standard InChI is InChI=1S/C36H34ClFN6O2.C36H33ClFN5O3.C32H32ClFN6O2/c1-6-28(45)42-18-23-16-40-32-34(43(23)17-21(42)5)25-15-27(38)31(24-11-7-9-22-10-8-12-26(37)29(22)24)41-35(25)44(36(32)46)33-20(4)13-14-39-30(33)19(2)3;1-6-28(44)41-17-23-18-46-34-33(42(23)16-21(41)5)25-15-27(38)31(24-11-7-9-22-10-8-12-26(37)29(22)24)40-35(25)43(36(34)45)32-20(4)13-14-39-30(32)19(2)3;1-6-26(41)38-15-20-12-23-30(39(20)14-18(38)5)22-13-25(34)28(21-11-19(35)7-8-24(21)33)37-31(22)40(32(23)42)29-17(4)9-10-36-27(29)16(2)3/h6-15,19,21,23,40H,1,16-18H2,2-5H3;6-15,19,21,23H,1,16-18H2,2-5H3;6-11,13,16,18,20H,1,12,14-15,35H2,2-5H3. The number of rotatable bonds is 12. The van der Waals surface area contributed by atoms with Crippen LogP contribution in [0.15, 0.2) is 198 Å². The van der Waals surface area contributed by atoms with Gasteiger partial charge in [0.15, 0.2) is 11.3 Å². The van der Waals surface area contributed by atoms with Crippen LogP contribution in [-0.4, -0.2) is 165 Å². The first-order chi connectivity index (χ1) is 64.2. The van der Waals surface area contributed by atoms with Crippen LogP contribution in [0.25, 0.3) is 105 Å². The van der Waals surface area contributed by atoms with E-state index in [9.17, 15) is 28.8 Å². The molecule has 9 aromatic heterocycles. The summed E-state index contributed by atoms with van der Waals surface area (Å²) in [5.74, 6) is -2.02. The van der Waals surface area contributed by atoms with Crippen molar-refractivity contribution in [1.29, 1.82) is 0 Å². The number of pyridine rings is 9. The second-order valence-corrected chi connectivity index (χ2v) is 37.5. The average Bonchev–Trinajstić information content (AvgIpc) is 1.17. The van der Waals surface area contributed by atoms with Crippen molar-refractivity contribution >= 4 is 136 Å². The number of halogens is 6. The molecule has 0 radical (unpaired) electrons. The molecule has 134 heavy (non-hydrogen) atoms. The highest BCUT2D eigenvalue weighted by atomic mass is 35.5. The SMILES string of the molecule is C=CC(=O)N1CC2CNc3c(c4cc(F)c(-c5cccc6cccc(Cl)c56)nc4n(-c4c(C)ccnc4C(C)C)c3=O)N2CC1C.C=CC(=O)N1CC2COc3c(c4cc(F)c(-c5cccc6cccc(Cl)c56)nc4n(-c4c(C)ccnc4C(C)C)c3=O)N2CC1C.C=CC(=O)N1CC2Cc3c(c4cc(F)c(-c5cc(N)ccc5Cl)nc4n(-c4c(C)ccnc4C(C)C)c3=O)N2CC1C. The lowest BCUT2D eigenvalue weighted by Crippen LogP contribution is -2.62. The molecule has 0 spiro atoms. The highest BCUT2D eigenvalue weighted by molar-refractivity contribution is 6.37. The number of hydrogen-bond acceptors (Lipinski definition) is 18. The van der Waals surface area contributed by atoms with Crippen LogP contribution in [0.4, 0.5) is 41.6 Å². The fourth-order valence-electron chi connectivity index (χ4n) is 20.3. The van der Waals surface area contributed by atoms with Crippen molar-refractivity contribution in [2.75, 3.05) is 78.2 Å². The molecule has 24 nitrogen and oxygen atoms in total. The third-order valence-electron chi connectivity index (χ3n) is 26.7. The van der Waals surface area contributed by atoms with Gasteiger partial charge in [0.25, 0.3) is 11.1 Å². The number of nitrogen functional groups attached to an aromatic ring is 1. The van der Waals surface area contributed by atoms with Crippen molar-refractivity contribution in [3.8, 4) is 56.6 Å². The Hall–Kier alpha value is -13.8. The fourth-order valence-corrected chi connectivity index (χ4v) is 21.1. The van der Waals surface area contributed by atoms with Gasteiger partial charge in [0, 0.05) is 154 Å². The maximum atomic E-state index is 16.6. The number of nitrogens with zero attached hydrogens (tertiary/aromatic N) is 15. The summed E-state index contributed by atoms with van der Waals surface area (Å²) in [5, 5.41) is 9.10. The summed E-state index contributed by atoms with van der Waals surface area (Å²) in [6.07, 6.45) is 9.56. The highest BCUT2D eigenvalue weighted by Crippen LogP contribution is 2.49. The van der Waals surface area contributed by atoms with E-state index in [2.05, 4.69) is 54.7 Å². The molecule has 6 aliphatic heterocycles. The van der Waals surface area contributed by atoms with Gasteiger partial charge in [-0.05, 0) is 172 Å². The van der Waals surface area contributed by atoms with Crippen LogP contribution >= 0.6 is 34.8 Å².